The summed E-state index contributed by atoms with van der Waals surface area (Å²) in [5.41, 5.74) is 6.71. The van der Waals surface area contributed by atoms with Crippen molar-refractivity contribution in [2.45, 2.75) is 84.0 Å². The second-order valence-electron chi connectivity index (χ2n) is 7.02. The van der Waals surface area contributed by atoms with Crippen LogP contribution in [0.2, 0.25) is 0 Å². The third kappa shape index (κ3) is 3.29. The minimum Gasteiger partial charge on any atom is -0.330 e. The predicted octanol–water partition coefficient (Wildman–Crippen LogP) is 4.89. The van der Waals surface area contributed by atoms with Crippen molar-refractivity contribution in [3.63, 3.8) is 0 Å². The van der Waals surface area contributed by atoms with Gasteiger partial charge in [-0.15, -0.1) is 0 Å². The van der Waals surface area contributed by atoms with Gasteiger partial charge in [-0.2, -0.15) is 0 Å². The minimum atomic E-state index is 0.576. The first-order valence-corrected chi connectivity index (χ1v) is 8.51. The predicted molar refractivity (Wildman–Crippen MR) is 79.5 cm³/mol. The van der Waals surface area contributed by atoms with E-state index in [-0.39, 0.29) is 0 Å². The molecule has 1 heteroatoms. The summed E-state index contributed by atoms with van der Waals surface area (Å²) in [5.74, 6) is 2.04. The molecule has 18 heavy (non-hydrogen) atoms. The zero-order chi connectivity index (χ0) is 12.8. The first-order chi connectivity index (χ1) is 8.80. The zero-order valence-electron chi connectivity index (χ0n) is 12.4. The van der Waals surface area contributed by atoms with E-state index in [1.807, 2.05) is 0 Å². The van der Waals surface area contributed by atoms with Gasteiger partial charge >= 0.3 is 0 Å². The van der Waals surface area contributed by atoms with Gasteiger partial charge in [0.25, 0.3) is 0 Å². The Hall–Kier alpha value is -0.0400. The van der Waals surface area contributed by atoms with Gasteiger partial charge in [0.15, 0.2) is 0 Å². The summed E-state index contributed by atoms with van der Waals surface area (Å²) in [6.07, 6.45) is 17.4. The summed E-state index contributed by atoms with van der Waals surface area (Å²) in [4.78, 5) is 0. The maximum Gasteiger partial charge on any atom is -0.00178 e. The zero-order valence-corrected chi connectivity index (χ0v) is 12.4. The molecule has 1 nitrogen and oxygen atoms in total. The molecule has 2 rings (SSSR count). The van der Waals surface area contributed by atoms with E-state index >= 15 is 0 Å². The Morgan fingerprint density at radius 2 is 1.72 bits per heavy atom. The molecule has 0 aromatic carbocycles. The SMILES string of the molecule is CCCCCCCCCC1(CN)CC2CCC1C2. The van der Waals surface area contributed by atoms with Crippen molar-refractivity contribution in [1.29, 1.82) is 0 Å². The Bertz CT molecular complexity index is 238. The highest BCUT2D eigenvalue weighted by Gasteiger charge is 2.49. The van der Waals surface area contributed by atoms with Gasteiger partial charge in [-0.05, 0) is 49.5 Å². The summed E-state index contributed by atoms with van der Waals surface area (Å²) in [6, 6.07) is 0. The highest BCUT2D eigenvalue weighted by atomic mass is 14.7. The molecule has 2 N–H and O–H groups in total. The van der Waals surface area contributed by atoms with Crippen LogP contribution in [0.5, 0.6) is 0 Å². The van der Waals surface area contributed by atoms with Crippen LogP contribution in [0.3, 0.4) is 0 Å². The van der Waals surface area contributed by atoms with Gasteiger partial charge in [0.05, 0.1) is 0 Å². The molecule has 0 aromatic heterocycles. The van der Waals surface area contributed by atoms with Crippen LogP contribution in [-0.2, 0) is 0 Å². The fourth-order valence-electron chi connectivity index (χ4n) is 4.65. The van der Waals surface area contributed by atoms with Crippen LogP contribution in [0.25, 0.3) is 0 Å². The van der Waals surface area contributed by atoms with Gasteiger partial charge in [-0.1, -0.05) is 58.3 Å². The van der Waals surface area contributed by atoms with Crippen LogP contribution in [0.1, 0.15) is 84.0 Å². The molecule has 3 atom stereocenters. The van der Waals surface area contributed by atoms with Gasteiger partial charge in [0.2, 0.25) is 0 Å². The molecule has 0 spiro atoms. The fourth-order valence-corrected chi connectivity index (χ4v) is 4.65. The topological polar surface area (TPSA) is 26.0 Å². The summed E-state index contributed by atoms with van der Waals surface area (Å²) in [6.45, 7) is 3.25. The van der Waals surface area contributed by atoms with E-state index < -0.39 is 0 Å². The maximum atomic E-state index is 6.14. The molecule has 3 unspecified atom stereocenters. The normalized spacial score (nSPS) is 34.3. The molecule has 0 aliphatic heterocycles. The van der Waals surface area contributed by atoms with E-state index in [9.17, 15) is 0 Å². The second kappa shape index (κ2) is 6.93. The number of unbranched alkanes of at least 4 members (excludes halogenated alkanes) is 6. The molecule has 2 fully saturated rings. The van der Waals surface area contributed by atoms with Crippen molar-refractivity contribution < 1.29 is 0 Å². The molecule has 0 amide bonds. The summed E-state index contributed by atoms with van der Waals surface area (Å²) in [7, 11) is 0. The third-order valence-corrected chi connectivity index (χ3v) is 5.79. The van der Waals surface area contributed by atoms with E-state index in [4.69, 9.17) is 5.73 Å². The van der Waals surface area contributed by atoms with Gasteiger partial charge in [-0.3, -0.25) is 0 Å². The number of hydrogen-bond donors (Lipinski definition) is 1. The van der Waals surface area contributed by atoms with Gasteiger partial charge in [0.1, 0.15) is 0 Å². The third-order valence-electron chi connectivity index (χ3n) is 5.79. The lowest BCUT2D eigenvalue weighted by atomic mass is 9.70. The largest absolute Gasteiger partial charge is 0.330 e. The summed E-state index contributed by atoms with van der Waals surface area (Å²) >= 11 is 0. The highest BCUT2D eigenvalue weighted by molar-refractivity contribution is 5.00. The molecule has 0 radical (unpaired) electrons. The van der Waals surface area contributed by atoms with E-state index in [1.165, 1.54) is 77.0 Å². The van der Waals surface area contributed by atoms with Crippen molar-refractivity contribution in [1.82, 2.24) is 0 Å². The maximum absolute atomic E-state index is 6.14. The molecular weight excluding hydrogens is 218 g/mol. The van der Waals surface area contributed by atoms with Gasteiger partial charge in [0, 0.05) is 0 Å². The van der Waals surface area contributed by atoms with E-state index in [2.05, 4.69) is 6.92 Å². The molecule has 2 saturated carbocycles. The van der Waals surface area contributed by atoms with Crippen LogP contribution < -0.4 is 5.73 Å². The average molecular weight is 251 g/mol. The molecule has 2 bridgehead atoms. The number of fused-ring (bicyclic) bond motifs is 2. The van der Waals surface area contributed by atoms with Gasteiger partial charge < -0.3 is 5.73 Å². The Morgan fingerprint density at radius 3 is 2.28 bits per heavy atom. The average Bonchev–Trinajstić information content (AvgIpc) is 2.98. The van der Waals surface area contributed by atoms with Crippen molar-refractivity contribution in [2.75, 3.05) is 6.54 Å². The molecule has 2 aliphatic carbocycles. The van der Waals surface area contributed by atoms with Crippen LogP contribution >= 0.6 is 0 Å². The quantitative estimate of drug-likeness (QED) is 0.580. The van der Waals surface area contributed by atoms with Crippen molar-refractivity contribution in [3.05, 3.63) is 0 Å². The van der Waals surface area contributed by atoms with Crippen LogP contribution in [-0.4, -0.2) is 6.54 Å². The Kier molecular flexibility index (Phi) is 5.54. The van der Waals surface area contributed by atoms with E-state index in [0.29, 0.717) is 5.41 Å². The van der Waals surface area contributed by atoms with E-state index in [0.717, 1.165) is 18.4 Å². The lowest BCUT2D eigenvalue weighted by Crippen LogP contribution is -2.35. The van der Waals surface area contributed by atoms with Crippen molar-refractivity contribution in [3.8, 4) is 0 Å². The van der Waals surface area contributed by atoms with Crippen LogP contribution in [0.15, 0.2) is 0 Å². The monoisotopic (exact) mass is 251 g/mol. The first-order valence-electron chi connectivity index (χ1n) is 8.51. The standard InChI is InChI=1S/C17H33N/c1-2-3-4-5-6-7-8-11-17(14-18)13-15-9-10-16(17)12-15/h15-16H,2-14,18H2,1H3. The first kappa shape index (κ1) is 14.4. The van der Waals surface area contributed by atoms with Gasteiger partial charge in [-0.25, -0.2) is 0 Å². The molecule has 0 saturated heterocycles. The number of rotatable bonds is 9. The lowest BCUT2D eigenvalue weighted by Gasteiger charge is -2.37. The molecule has 0 aromatic rings. The Balaban J connectivity index is 1.60. The molecular formula is C17H33N. The van der Waals surface area contributed by atoms with Crippen LogP contribution in [0, 0.1) is 17.3 Å². The molecule has 0 heterocycles. The Labute approximate surface area is 114 Å². The smallest absolute Gasteiger partial charge is 0.00178 e. The fraction of sp³-hybridized carbons (Fsp3) is 1.00. The second-order valence-corrected chi connectivity index (χ2v) is 7.02. The highest BCUT2D eigenvalue weighted by Crippen LogP contribution is 2.57. The van der Waals surface area contributed by atoms with Crippen molar-refractivity contribution >= 4 is 0 Å². The number of nitrogens with two attached hydrogens (primary N) is 1. The minimum absolute atomic E-state index is 0.576. The lowest BCUT2D eigenvalue weighted by molar-refractivity contribution is 0.152. The van der Waals surface area contributed by atoms with Crippen LogP contribution in [0.4, 0.5) is 0 Å². The number of hydrogen-bond acceptors (Lipinski definition) is 1. The summed E-state index contributed by atoms with van der Waals surface area (Å²) in [5, 5.41) is 0. The molecule has 2 aliphatic rings. The van der Waals surface area contributed by atoms with Crippen molar-refractivity contribution in [2.24, 2.45) is 23.0 Å². The Morgan fingerprint density at radius 1 is 1.00 bits per heavy atom. The molecule has 106 valence electrons. The van der Waals surface area contributed by atoms with E-state index in [1.54, 1.807) is 0 Å². The summed E-state index contributed by atoms with van der Waals surface area (Å²) < 4.78 is 0.